The summed E-state index contributed by atoms with van der Waals surface area (Å²) in [6.07, 6.45) is 1.52. The monoisotopic (exact) mass is 266 g/mol. The lowest BCUT2D eigenvalue weighted by atomic mass is 9.96. The molecule has 1 N–H and O–H groups in total. The van der Waals surface area contributed by atoms with E-state index in [-0.39, 0.29) is 17.7 Å². The Morgan fingerprint density at radius 2 is 2.00 bits per heavy atom. The zero-order valence-electron chi connectivity index (χ0n) is 10.7. The topological polar surface area (TPSA) is 49.4 Å². The van der Waals surface area contributed by atoms with Gasteiger partial charge in [0.25, 0.3) is 5.91 Å². The van der Waals surface area contributed by atoms with Crippen LogP contribution in [0.3, 0.4) is 0 Å². The molecule has 5 heteroatoms. The van der Waals surface area contributed by atoms with Gasteiger partial charge in [-0.05, 0) is 31.9 Å². The first kappa shape index (κ1) is 13.1. The standard InChI is InChI=1S/C13H18N2O2S/c1-9-3-4-11(18-9)13(17)15-7-5-10(6-8-15)12(16)14-2/h3-4,10H,5-8H2,1-2H3,(H,14,16). The SMILES string of the molecule is CNC(=O)C1CCN(C(=O)c2ccc(C)s2)CC1. The number of hydrogen-bond acceptors (Lipinski definition) is 3. The van der Waals surface area contributed by atoms with Gasteiger partial charge in [-0.25, -0.2) is 0 Å². The Balaban J connectivity index is 1.94. The van der Waals surface area contributed by atoms with E-state index in [9.17, 15) is 9.59 Å². The number of piperidine rings is 1. The molecule has 2 rings (SSSR count). The molecule has 0 saturated carbocycles. The van der Waals surface area contributed by atoms with Crippen molar-refractivity contribution in [1.82, 2.24) is 10.2 Å². The minimum Gasteiger partial charge on any atom is -0.359 e. The second kappa shape index (κ2) is 5.52. The van der Waals surface area contributed by atoms with E-state index in [0.717, 1.165) is 22.6 Å². The lowest BCUT2D eigenvalue weighted by Gasteiger charge is -2.30. The minimum atomic E-state index is 0.0594. The fraction of sp³-hybridized carbons (Fsp3) is 0.538. The Labute approximate surface area is 111 Å². The molecule has 1 aromatic heterocycles. The van der Waals surface area contributed by atoms with Crippen molar-refractivity contribution < 1.29 is 9.59 Å². The summed E-state index contributed by atoms with van der Waals surface area (Å²) in [7, 11) is 1.66. The molecule has 1 aliphatic rings. The molecule has 4 nitrogen and oxygen atoms in total. The molecule has 0 bridgehead atoms. The molecule has 2 amide bonds. The summed E-state index contributed by atoms with van der Waals surface area (Å²) in [5.74, 6) is 0.252. The Bertz CT molecular complexity index is 448. The second-order valence-corrected chi connectivity index (χ2v) is 5.88. The third-order valence-corrected chi connectivity index (χ3v) is 4.34. The van der Waals surface area contributed by atoms with Gasteiger partial charge in [0.15, 0.2) is 0 Å². The number of aryl methyl sites for hydroxylation is 1. The Morgan fingerprint density at radius 3 is 2.50 bits per heavy atom. The van der Waals surface area contributed by atoms with Crippen LogP contribution in [-0.4, -0.2) is 36.9 Å². The van der Waals surface area contributed by atoms with Gasteiger partial charge in [-0.1, -0.05) is 0 Å². The molecule has 0 atom stereocenters. The number of carbonyl (C=O) groups excluding carboxylic acids is 2. The summed E-state index contributed by atoms with van der Waals surface area (Å²) < 4.78 is 0. The van der Waals surface area contributed by atoms with Crippen LogP contribution in [0.15, 0.2) is 12.1 Å². The molecule has 0 spiro atoms. The van der Waals surface area contributed by atoms with Crippen LogP contribution in [0.5, 0.6) is 0 Å². The fourth-order valence-corrected chi connectivity index (χ4v) is 3.09. The van der Waals surface area contributed by atoms with Crippen molar-refractivity contribution in [1.29, 1.82) is 0 Å². The second-order valence-electron chi connectivity index (χ2n) is 4.59. The molecule has 0 unspecified atom stereocenters. The van der Waals surface area contributed by atoms with Crippen LogP contribution >= 0.6 is 11.3 Å². The van der Waals surface area contributed by atoms with Crippen LogP contribution in [0.1, 0.15) is 27.4 Å². The van der Waals surface area contributed by atoms with E-state index in [2.05, 4.69) is 5.32 Å². The smallest absolute Gasteiger partial charge is 0.263 e. The first-order valence-electron chi connectivity index (χ1n) is 6.19. The number of thiophene rings is 1. The first-order valence-corrected chi connectivity index (χ1v) is 7.00. The van der Waals surface area contributed by atoms with Crippen LogP contribution in [-0.2, 0) is 4.79 Å². The third-order valence-electron chi connectivity index (χ3n) is 3.35. The summed E-state index contributed by atoms with van der Waals surface area (Å²) in [5.41, 5.74) is 0. The number of carbonyl (C=O) groups is 2. The third kappa shape index (κ3) is 2.72. The van der Waals surface area contributed by atoms with Crippen molar-refractivity contribution in [2.75, 3.05) is 20.1 Å². The van der Waals surface area contributed by atoms with Gasteiger partial charge in [-0.2, -0.15) is 0 Å². The van der Waals surface area contributed by atoms with E-state index in [1.165, 1.54) is 11.3 Å². The van der Waals surface area contributed by atoms with Crippen LogP contribution in [0.4, 0.5) is 0 Å². The van der Waals surface area contributed by atoms with Crippen molar-refractivity contribution in [3.05, 3.63) is 21.9 Å². The number of nitrogens with zero attached hydrogens (tertiary/aromatic N) is 1. The van der Waals surface area contributed by atoms with E-state index >= 15 is 0 Å². The highest BCUT2D eigenvalue weighted by molar-refractivity contribution is 7.13. The van der Waals surface area contributed by atoms with Crippen LogP contribution < -0.4 is 5.32 Å². The number of amides is 2. The number of hydrogen-bond donors (Lipinski definition) is 1. The van der Waals surface area contributed by atoms with Crippen LogP contribution in [0.25, 0.3) is 0 Å². The molecular weight excluding hydrogens is 248 g/mol. The lowest BCUT2D eigenvalue weighted by Crippen LogP contribution is -2.42. The highest BCUT2D eigenvalue weighted by atomic mass is 32.1. The summed E-state index contributed by atoms with van der Waals surface area (Å²) in [4.78, 5) is 27.5. The molecule has 0 aromatic carbocycles. The van der Waals surface area contributed by atoms with Gasteiger partial charge in [0.1, 0.15) is 0 Å². The van der Waals surface area contributed by atoms with Crippen molar-refractivity contribution in [2.24, 2.45) is 5.92 Å². The fourth-order valence-electron chi connectivity index (χ4n) is 2.25. The maximum Gasteiger partial charge on any atom is 0.263 e. The van der Waals surface area contributed by atoms with E-state index in [4.69, 9.17) is 0 Å². The van der Waals surface area contributed by atoms with Crippen molar-refractivity contribution >= 4 is 23.2 Å². The van der Waals surface area contributed by atoms with Gasteiger partial charge < -0.3 is 10.2 Å². The van der Waals surface area contributed by atoms with Gasteiger partial charge in [-0.15, -0.1) is 11.3 Å². The largest absolute Gasteiger partial charge is 0.359 e. The van der Waals surface area contributed by atoms with E-state index in [1.54, 1.807) is 7.05 Å². The number of likely N-dealkylation sites (tertiary alicyclic amines) is 1. The molecule has 0 radical (unpaired) electrons. The van der Waals surface area contributed by atoms with E-state index in [0.29, 0.717) is 13.1 Å². The summed E-state index contributed by atoms with van der Waals surface area (Å²) >= 11 is 1.53. The Hall–Kier alpha value is -1.36. The highest BCUT2D eigenvalue weighted by Crippen LogP contribution is 2.22. The molecule has 1 saturated heterocycles. The predicted octanol–water partition coefficient (Wildman–Crippen LogP) is 1.65. The Kier molecular flexibility index (Phi) is 4.01. The minimum absolute atomic E-state index is 0.0594. The first-order chi connectivity index (χ1) is 8.61. The average Bonchev–Trinajstić information content (AvgIpc) is 2.84. The molecule has 1 aliphatic heterocycles. The quantitative estimate of drug-likeness (QED) is 0.885. The van der Waals surface area contributed by atoms with Gasteiger partial charge in [0, 0.05) is 30.9 Å². The van der Waals surface area contributed by atoms with E-state index < -0.39 is 0 Å². The molecule has 18 heavy (non-hydrogen) atoms. The summed E-state index contributed by atoms with van der Waals surface area (Å²) in [6.45, 7) is 3.35. The van der Waals surface area contributed by atoms with Crippen LogP contribution in [0.2, 0.25) is 0 Å². The number of nitrogens with one attached hydrogen (secondary N) is 1. The van der Waals surface area contributed by atoms with Crippen molar-refractivity contribution in [2.45, 2.75) is 19.8 Å². The maximum atomic E-state index is 12.2. The van der Waals surface area contributed by atoms with Crippen molar-refractivity contribution in [3.63, 3.8) is 0 Å². The zero-order chi connectivity index (χ0) is 13.1. The van der Waals surface area contributed by atoms with Crippen LogP contribution in [0, 0.1) is 12.8 Å². The lowest BCUT2D eigenvalue weighted by molar-refractivity contribution is -0.125. The number of rotatable bonds is 2. The maximum absolute atomic E-state index is 12.2. The van der Waals surface area contributed by atoms with Gasteiger partial charge in [-0.3, -0.25) is 9.59 Å². The van der Waals surface area contributed by atoms with Gasteiger partial charge >= 0.3 is 0 Å². The Morgan fingerprint density at radius 1 is 1.33 bits per heavy atom. The summed E-state index contributed by atoms with van der Waals surface area (Å²) in [6, 6.07) is 3.85. The molecule has 98 valence electrons. The molecule has 1 fully saturated rings. The average molecular weight is 266 g/mol. The normalized spacial score (nSPS) is 16.7. The summed E-state index contributed by atoms with van der Waals surface area (Å²) in [5, 5.41) is 2.67. The molecule has 1 aromatic rings. The van der Waals surface area contributed by atoms with Gasteiger partial charge in [0.2, 0.25) is 5.91 Å². The molecule has 0 aliphatic carbocycles. The zero-order valence-corrected chi connectivity index (χ0v) is 11.5. The highest BCUT2D eigenvalue weighted by Gasteiger charge is 2.27. The molecule has 2 heterocycles. The predicted molar refractivity (Wildman–Crippen MR) is 71.8 cm³/mol. The van der Waals surface area contributed by atoms with E-state index in [1.807, 2.05) is 24.0 Å². The van der Waals surface area contributed by atoms with Gasteiger partial charge in [0.05, 0.1) is 4.88 Å². The van der Waals surface area contributed by atoms with Crippen molar-refractivity contribution in [3.8, 4) is 0 Å². The molecular formula is C13H18N2O2S.